The molecule has 0 radical (unpaired) electrons. The van der Waals surface area contributed by atoms with Crippen LogP contribution in [-0.2, 0) is 16.1 Å². The van der Waals surface area contributed by atoms with Crippen LogP contribution in [-0.4, -0.2) is 25.0 Å². The summed E-state index contributed by atoms with van der Waals surface area (Å²) in [6, 6.07) is 23.4. The van der Waals surface area contributed by atoms with E-state index in [1.807, 2.05) is 56.3 Å². The van der Waals surface area contributed by atoms with Crippen LogP contribution < -0.4 is 15.7 Å². The van der Waals surface area contributed by atoms with Crippen LogP contribution >= 0.6 is 0 Å². The highest BCUT2D eigenvalue weighted by Gasteiger charge is 2.12. The first kappa shape index (κ1) is 24.7. The molecule has 1 N–H and O–H groups in total. The van der Waals surface area contributed by atoms with Gasteiger partial charge in [-0.05, 0) is 53.8 Å². The Morgan fingerprint density at radius 1 is 0.972 bits per heavy atom. The van der Waals surface area contributed by atoms with Crippen LogP contribution in [0.2, 0.25) is 0 Å². The molecule has 0 spiro atoms. The molecular weight excluding hydrogens is 458 g/mol. The summed E-state index contributed by atoms with van der Waals surface area (Å²) in [7, 11) is 0. The summed E-state index contributed by atoms with van der Waals surface area (Å²) in [4.78, 5) is 36.0. The number of fused-ring (bicyclic) bond motifs is 1. The van der Waals surface area contributed by atoms with E-state index in [0.29, 0.717) is 23.4 Å². The number of hydrogen-bond acceptors (Lipinski definition) is 6. The van der Waals surface area contributed by atoms with Gasteiger partial charge in [0.2, 0.25) is 0 Å². The fourth-order valence-electron chi connectivity index (χ4n) is 3.73. The first-order valence-corrected chi connectivity index (χ1v) is 11.6. The molecule has 184 valence electrons. The highest BCUT2D eigenvalue weighted by atomic mass is 16.5. The molecule has 7 heteroatoms. The number of carbonyl (C=O) groups excluding carboxylic acids is 2. The molecule has 1 aromatic heterocycles. The third-order valence-electron chi connectivity index (χ3n) is 5.83. The minimum atomic E-state index is -0.575. The maximum absolute atomic E-state index is 12.3. The smallest absolute Gasteiger partial charge is 0.338 e. The number of aryl methyl sites for hydroxylation is 1. The first-order valence-electron chi connectivity index (χ1n) is 11.6. The lowest BCUT2D eigenvalue weighted by Gasteiger charge is -2.13. The number of ether oxygens (including phenoxy) is 2. The van der Waals surface area contributed by atoms with Crippen molar-refractivity contribution in [3.05, 3.63) is 112 Å². The number of hydrogen-bond donors (Lipinski definition) is 1. The summed E-state index contributed by atoms with van der Waals surface area (Å²) in [5, 5.41) is 3.64. The maximum atomic E-state index is 12.3. The topological polar surface area (TPSA) is 94.8 Å². The van der Waals surface area contributed by atoms with E-state index in [-0.39, 0.29) is 25.0 Å². The molecule has 0 saturated carbocycles. The van der Waals surface area contributed by atoms with Gasteiger partial charge in [-0.25, -0.2) is 9.59 Å². The molecule has 1 amide bonds. The second-order valence-electron chi connectivity index (χ2n) is 8.58. The lowest BCUT2D eigenvalue weighted by atomic mass is 10.0. The predicted molar refractivity (Wildman–Crippen MR) is 136 cm³/mol. The maximum Gasteiger partial charge on any atom is 0.338 e. The van der Waals surface area contributed by atoms with Crippen molar-refractivity contribution < 1.29 is 23.5 Å². The average molecular weight is 486 g/mol. The number of nitrogens with one attached hydrogen (secondary N) is 1. The Morgan fingerprint density at radius 3 is 2.47 bits per heavy atom. The third-order valence-corrected chi connectivity index (χ3v) is 5.83. The summed E-state index contributed by atoms with van der Waals surface area (Å²) in [5.41, 5.74) is 3.21. The zero-order valence-corrected chi connectivity index (χ0v) is 20.2. The van der Waals surface area contributed by atoms with Crippen molar-refractivity contribution in [2.75, 3.05) is 13.2 Å². The fraction of sp³-hybridized carbons (Fsp3) is 0.207. The van der Waals surface area contributed by atoms with Crippen molar-refractivity contribution >= 4 is 22.8 Å². The molecule has 1 atom stereocenters. The average Bonchev–Trinajstić information content (AvgIpc) is 2.89. The standard InChI is InChI=1S/C29H27NO6/c1-19-14-28(32)36-26-15-24(12-13-25(19)26)34-17-21-8-10-23(11-9-21)29(33)35-18-27(31)30-16-20(2)22-6-4-3-5-7-22/h3-15,20H,16-18H2,1-2H3,(H,30,31). The summed E-state index contributed by atoms with van der Waals surface area (Å²) < 4.78 is 16.2. The van der Waals surface area contributed by atoms with Gasteiger partial charge in [-0.15, -0.1) is 0 Å². The first-order chi connectivity index (χ1) is 17.4. The van der Waals surface area contributed by atoms with E-state index in [0.717, 1.165) is 22.1 Å². The molecule has 0 saturated heterocycles. The van der Waals surface area contributed by atoms with Crippen LogP contribution in [0.25, 0.3) is 11.0 Å². The van der Waals surface area contributed by atoms with Crippen molar-refractivity contribution in [3.8, 4) is 5.75 Å². The van der Waals surface area contributed by atoms with Crippen LogP contribution in [0.3, 0.4) is 0 Å². The van der Waals surface area contributed by atoms with Gasteiger partial charge in [0, 0.05) is 24.1 Å². The molecule has 4 aromatic rings. The Bertz CT molecular complexity index is 1410. The van der Waals surface area contributed by atoms with E-state index >= 15 is 0 Å². The summed E-state index contributed by atoms with van der Waals surface area (Å²) in [6.07, 6.45) is 0. The quantitative estimate of drug-likeness (QED) is 0.271. The molecule has 7 nitrogen and oxygen atoms in total. The van der Waals surface area contributed by atoms with E-state index in [1.165, 1.54) is 6.07 Å². The number of amides is 1. The Labute approximate surface area is 208 Å². The molecule has 1 unspecified atom stereocenters. The molecule has 0 bridgehead atoms. The van der Waals surface area contributed by atoms with Gasteiger partial charge in [0.15, 0.2) is 6.61 Å². The number of benzene rings is 3. The van der Waals surface area contributed by atoms with Crippen molar-refractivity contribution in [3.63, 3.8) is 0 Å². The van der Waals surface area contributed by atoms with Gasteiger partial charge < -0.3 is 19.2 Å². The van der Waals surface area contributed by atoms with Crippen LogP contribution in [0.1, 0.15) is 39.9 Å². The van der Waals surface area contributed by atoms with Gasteiger partial charge in [0.05, 0.1) is 5.56 Å². The molecule has 0 aliphatic rings. The summed E-state index contributed by atoms with van der Waals surface area (Å²) >= 11 is 0. The minimum Gasteiger partial charge on any atom is -0.489 e. The van der Waals surface area contributed by atoms with Gasteiger partial charge in [-0.2, -0.15) is 0 Å². The second kappa shape index (κ2) is 11.4. The Hall–Kier alpha value is -4.39. The number of esters is 1. The van der Waals surface area contributed by atoms with Gasteiger partial charge in [0.1, 0.15) is 17.9 Å². The van der Waals surface area contributed by atoms with Gasteiger partial charge in [0.25, 0.3) is 5.91 Å². The van der Waals surface area contributed by atoms with Crippen LogP contribution in [0, 0.1) is 6.92 Å². The van der Waals surface area contributed by atoms with E-state index in [4.69, 9.17) is 13.9 Å². The normalized spacial score (nSPS) is 11.6. The lowest BCUT2D eigenvalue weighted by Crippen LogP contribution is -2.31. The van der Waals surface area contributed by atoms with Crippen LogP contribution in [0.15, 0.2) is 88.1 Å². The van der Waals surface area contributed by atoms with Crippen molar-refractivity contribution in [2.45, 2.75) is 26.4 Å². The Kier molecular flexibility index (Phi) is 7.80. The van der Waals surface area contributed by atoms with Crippen LogP contribution in [0.4, 0.5) is 0 Å². The Balaban J connectivity index is 1.24. The third kappa shape index (κ3) is 6.39. The van der Waals surface area contributed by atoms with Gasteiger partial charge >= 0.3 is 11.6 Å². The molecule has 0 aliphatic heterocycles. The highest BCUT2D eigenvalue weighted by Crippen LogP contribution is 2.23. The van der Waals surface area contributed by atoms with E-state index in [1.54, 1.807) is 30.3 Å². The molecule has 36 heavy (non-hydrogen) atoms. The summed E-state index contributed by atoms with van der Waals surface area (Å²) in [6.45, 7) is 4.25. The zero-order chi connectivity index (χ0) is 25.5. The highest BCUT2D eigenvalue weighted by molar-refractivity contribution is 5.91. The van der Waals surface area contributed by atoms with Crippen molar-refractivity contribution in [2.24, 2.45) is 0 Å². The Morgan fingerprint density at radius 2 is 1.72 bits per heavy atom. The molecule has 3 aromatic carbocycles. The van der Waals surface area contributed by atoms with Crippen molar-refractivity contribution in [1.29, 1.82) is 0 Å². The van der Waals surface area contributed by atoms with Crippen LogP contribution in [0.5, 0.6) is 5.75 Å². The molecular formula is C29H27NO6. The van der Waals surface area contributed by atoms with E-state index < -0.39 is 11.6 Å². The molecule has 0 aliphatic carbocycles. The second-order valence-corrected chi connectivity index (χ2v) is 8.58. The van der Waals surface area contributed by atoms with E-state index in [9.17, 15) is 14.4 Å². The number of rotatable bonds is 9. The fourth-order valence-corrected chi connectivity index (χ4v) is 3.73. The molecule has 1 heterocycles. The predicted octanol–water partition coefficient (Wildman–Crippen LogP) is 4.76. The zero-order valence-electron chi connectivity index (χ0n) is 20.2. The molecule has 0 fully saturated rings. The van der Waals surface area contributed by atoms with E-state index in [2.05, 4.69) is 5.32 Å². The monoisotopic (exact) mass is 485 g/mol. The lowest BCUT2D eigenvalue weighted by molar-refractivity contribution is -0.124. The SMILES string of the molecule is Cc1cc(=O)oc2cc(OCc3ccc(C(=O)OCC(=O)NCC(C)c4ccccc4)cc3)ccc12. The summed E-state index contributed by atoms with van der Waals surface area (Å²) in [5.74, 6) is -0.212. The molecule has 4 rings (SSSR count). The number of carbonyl (C=O) groups is 2. The van der Waals surface area contributed by atoms with Crippen molar-refractivity contribution in [1.82, 2.24) is 5.32 Å². The van der Waals surface area contributed by atoms with Gasteiger partial charge in [-0.3, -0.25) is 4.79 Å². The van der Waals surface area contributed by atoms with Gasteiger partial charge in [-0.1, -0.05) is 49.4 Å². The largest absolute Gasteiger partial charge is 0.489 e. The minimum absolute atomic E-state index is 0.151.